The van der Waals surface area contributed by atoms with E-state index in [2.05, 4.69) is 21.2 Å². The lowest BCUT2D eigenvalue weighted by atomic mass is 10.1. The quantitative estimate of drug-likeness (QED) is 0.392. The van der Waals surface area contributed by atoms with Crippen molar-refractivity contribution < 1.29 is 19.1 Å². The fourth-order valence-corrected chi connectivity index (χ4v) is 5.10. The van der Waals surface area contributed by atoms with Crippen LogP contribution in [-0.4, -0.2) is 42.5 Å². The number of nitrogens with zero attached hydrogens (tertiary/aromatic N) is 1. The lowest BCUT2D eigenvalue weighted by Gasteiger charge is -2.30. The van der Waals surface area contributed by atoms with Crippen LogP contribution >= 0.6 is 15.9 Å². The molecule has 1 fully saturated rings. The monoisotopic (exact) mass is 538 g/mol. The molecule has 184 valence electrons. The Labute approximate surface area is 214 Å². The third-order valence-corrected chi connectivity index (χ3v) is 7.35. The minimum atomic E-state index is -0.641. The molecule has 35 heavy (non-hydrogen) atoms. The smallest absolute Gasteiger partial charge is 0.261 e. The predicted molar refractivity (Wildman–Crippen MR) is 141 cm³/mol. The third-order valence-electron chi connectivity index (χ3n) is 6.53. The first kappa shape index (κ1) is 25.0. The van der Waals surface area contributed by atoms with Gasteiger partial charge in [-0.25, -0.2) is 0 Å². The summed E-state index contributed by atoms with van der Waals surface area (Å²) in [6.07, 6.45) is 4.23. The molecule has 3 aromatic carbocycles. The fraction of sp³-hybridized carbons (Fsp3) is 0.357. The third kappa shape index (κ3) is 6.14. The zero-order valence-electron chi connectivity index (χ0n) is 20.1. The Morgan fingerprint density at radius 1 is 1.09 bits per heavy atom. The van der Waals surface area contributed by atoms with Gasteiger partial charge >= 0.3 is 0 Å². The molecule has 2 amide bonds. The topological polar surface area (TPSA) is 67.9 Å². The number of ether oxygens (including phenoxy) is 2. The molecule has 7 heteroatoms. The average molecular weight is 539 g/mol. The Kier molecular flexibility index (Phi) is 8.29. The molecule has 0 spiro atoms. The maximum Gasteiger partial charge on any atom is 0.261 e. The van der Waals surface area contributed by atoms with E-state index in [0.29, 0.717) is 11.5 Å². The molecular formula is C28H31BrN2O4. The largest absolute Gasteiger partial charge is 0.497 e. The van der Waals surface area contributed by atoms with Crippen LogP contribution in [0.4, 0.5) is 0 Å². The highest BCUT2D eigenvalue weighted by atomic mass is 79.9. The number of halogens is 1. The maximum absolute atomic E-state index is 13.4. The summed E-state index contributed by atoms with van der Waals surface area (Å²) in [7, 11) is 1.61. The summed E-state index contributed by atoms with van der Waals surface area (Å²) in [6.45, 7) is 1.87. The van der Waals surface area contributed by atoms with Crippen LogP contribution in [-0.2, 0) is 16.1 Å². The molecule has 0 heterocycles. The van der Waals surface area contributed by atoms with Crippen LogP contribution in [0.2, 0.25) is 0 Å². The van der Waals surface area contributed by atoms with Gasteiger partial charge in [0.25, 0.3) is 5.91 Å². The van der Waals surface area contributed by atoms with Gasteiger partial charge in [0.15, 0.2) is 6.61 Å². The van der Waals surface area contributed by atoms with E-state index in [1.54, 1.807) is 18.9 Å². The number of carbonyl (C=O) groups excluding carboxylic acids is 2. The number of carbonyl (C=O) groups is 2. The first-order valence-corrected chi connectivity index (χ1v) is 12.8. The van der Waals surface area contributed by atoms with Crippen LogP contribution < -0.4 is 14.8 Å². The van der Waals surface area contributed by atoms with Crippen molar-refractivity contribution in [3.8, 4) is 11.5 Å². The van der Waals surface area contributed by atoms with E-state index >= 15 is 0 Å². The van der Waals surface area contributed by atoms with E-state index in [0.717, 1.165) is 46.5 Å². The summed E-state index contributed by atoms with van der Waals surface area (Å²) in [5, 5.41) is 5.21. The molecule has 0 aliphatic heterocycles. The number of hydrogen-bond donors (Lipinski definition) is 1. The lowest BCUT2D eigenvalue weighted by Crippen LogP contribution is -2.50. The van der Waals surface area contributed by atoms with Crippen molar-refractivity contribution >= 4 is 38.5 Å². The number of fused-ring (bicyclic) bond motifs is 1. The Morgan fingerprint density at radius 2 is 1.86 bits per heavy atom. The van der Waals surface area contributed by atoms with Crippen LogP contribution in [0.15, 0.2) is 65.1 Å². The predicted octanol–water partition coefficient (Wildman–Crippen LogP) is 5.47. The van der Waals surface area contributed by atoms with Gasteiger partial charge in [-0.2, -0.15) is 0 Å². The van der Waals surface area contributed by atoms with E-state index < -0.39 is 6.04 Å². The first-order valence-electron chi connectivity index (χ1n) is 12.0. The summed E-state index contributed by atoms with van der Waals surface area (Å²) in [6, 6.07) is 18.8. The highest BCUT2D eigenvalue weighted by Gasteiger charge is 2.29. The van der Waals surface area contributed by atoms with E-state index in [9.17, 15) is 9.59 Å². The number of rotatable bonds is 9. The van der Waals surface area contributed by atoms with Crippen molar-refractivity contribution in [2.45, 2.75) is 51.2 Å². The van der Waals surface area contributed by atoms with Gasteiger partial charge < -0.3 is 19.7 Å². The molecule has 0 bridgehead atoms. The summed E-state index contributed by atoms with van der Waals surface area (Å²) in [4.78, 5) is 28.0. The van der Waals surface area contributed by atoms with E-state index in [1.807, 2.05) is 60.7 Å². The molecule has 6 nitrogen and oxygen atoms in total. The standard InChI is InChI=1S/C28H31BrN2O4/c1-19(28(33)30-22-10-4-5-11-22)31(17-20-8-7-12-23(16-20)34-2)26(32)18-35-25-15-14-21-9-3-6-13-24(21)27(25)29/h3,6-9,12-16,19,22H,4-5,10-11,17-18H2,1-2H3,(H,30,33). The fourth-order valence-electron chi connectivity index (χ4n) is 4.49. The summed E-state index contributed by atoms with van der Waals surface area (Å²) >= 11 is 3.61. The van der Waals surface area contributed by atoms with Gasteiger partial charge in [0.1, 0.15) is 17.5 Å². The zero-order valence-corrected chi connectivity index (χ0v) is 21.7. The second-order valence-electron chi connectivity index (χ2n) is 8.93. The molecule has 1 aliphatic rings. The van der Waals surface area contributed by atoms with Crippen LogP contribution in [0, 0.1) is 0 Å². The minimum Gasteiger partial charge on any atom is -0.497 e. The van der Waals surface area contributed by atoms with Crippen molar-refractivity contribution in [2.24, 2.45) is 0 Å². The van der Waals surface area contributed by atoms with E-state index in [-0.39, 0.29) is 31.0 Å². The minimum absolute atomic E-state index is 0.139. The Bertz CT molecular complexity index is 1190. The number of benzene rings is 3. The Balaban J connectivity index is 1.51. The second-order valence-corrected chi connectivity index (χ2v) is 9.72. The van der Waals surface area contributed by atoms with Crippen LogP contribution in [0.1, 0.15) is 38.2 Å². The number of nitrogens with one attached hydrogen (secondary N) is 1. The summed E-state index contributed by atoms with van der Waals surface area (Å²) < 4.78 is 12.1. The van der Waals surface area contributed by atoms with Crippen LogP contribution in [0.5, 0.6) is 11.5 Å². The SMILES string of the molecule is COc1cccc(CN(C(=O)COc2ccc3ccccc3c2Br)C(C)C(=O)NC2CCCC2)c1. The normalized spacial score (nSPS) is 14.5. The Hall–Kier alpha value is -3.06. The molecular weight excluding hydrogens is 508 g/mol. The molecule has 1 saturated carbocycles. The average Bonchev–Trinajstić information content (AvgIpc) is 3.39. The first-order chi connectivity index (χ1) is 17.0. The van der Waals surface area contributed by atoms with Gasteiger partial charge in [0.2, 0.25) is 5.91 Å². The molecule has 0 radical (unpaired) electrons. The highest BCUT2D eigenvalue weighted by Crippen LogP contribution is 2.33. The van der Waals surface area contributed by atoms with Gasteiger partial charge in [-0.05, 0) is 70.2 Å². The van der Waals surface area contributed by atoms with Gasteiger partial charge in [0, 0.05) is 12.6 Å². The molecule has 0 aromatic heterocycles. The zero-order chi connectivity index (χ0) is 24.8. The van der Waals surface area contributed by atoms with E-state index in [1.165, 1.54) is 0 Å². The van der Waals surface area contributed by atoms with Crippen molar-refractivity contribution in [3.05, 3.63) is 70.7 Å². The number of hydrogen-bond acceptors (Lipinski definition) is 4. The Morgan fingerprint density at radius 3 is 2.63 bits per heavy atom. The van der Waals surface area contributed by atoms with Gasteiger partial charge in [-0.3, -0.25) is 9.59 Å². The molecule has 1 unspecified atom stereocenters. The van der Waals surface area contributed by atoms with Crippen molar-refractivity contribution in [1.29, 1.82) is 0 Å². The molecule has 1 N–H and O–H groups in total. The molecule has 1 aliphatic carbocycles. The van der Waals surface area contributed by atoms with Crippen LogP contribution in [0.25, 0.3) is 10.8 Å². The molecule has 3 aromatic rings. The summed E-state index contributed by atoms with van der Waals surface area (Å²) in [5.74, 6) is 0.887. The maximum atomic E-state index is 13.4. The second kappa shape index (κ2) is 11.6. The van der Waals surface area contributed by atoms with Crippen molar-refractivity contribution in [3.63, 3.8) is 0 Å². The molecule has 0 saturated heterocycles. The summed E-state index contributed by atoms with van der Waals surface area (Å²) in [5.41, 5.74) is 0.880. The van der Waals surface area contributed by atoms with Crippen molar-refractivity contribution in [2.75, 3.05) is 13.7 Å². The van der Waals surface area contributed by atoms with Crippen molar-refractivity contribution in [1.82, 2.24) is 10.2 Å². The number of methoxy groups -OCH3 is 1. The van der Waals surface area contributed by atoms with Crippen LogP contribution in [0.3, 0.4) is 0 Å². The number of amides is 2. The van der Waals surface area contributed by atoms with Gasteiger partial charge in [-0.15, -0.1) is 0 Å². The van der Waals surface area contributed by atoms with Gasteiger partial charge in [-0.1, -0.05) is 55.3 Å². The van der Waals surface area contributed by atoms with E-state index in [4.69, 9.17) is 9.47 Å². The molecule has 4 rings (SSSR count). The van der Waals surface area contributed by atoms with Gasteiger partial charge in [0.05, 0.1) is 11.6 Å². The highest BCUT2D eigenvalue weighted by molar-refractivity contribution is 9.10. The molecule has 1 atom stereocenters. The lowest BCUT2D eigenvalue weighted by molar-refractivity contribution is -0.142.